The van der Waals surface area contributed by atoms with E-state index in [0.717, 1.165) is 5.69 Å². The molecule has 0 saturated carbocycles. The third-order valence-corrected chi connectivity index (χ3v) is 3.46. The molecule has 0 radical (unpaired) electrons. The van der Waals surface area contributed by atoms with Gasteiger partial charge in [-0.05, 0) is 18.9 Å². The second-order valence-electron chi connectivity index (χ2n) is 3.87. The Morgan fingerprint density at radius 2 is 2.31 bits per heavy atom. The molecule has 0 aliphatic rings. The van der Waals surface area contributed by atoms with Crippen molar-refractivity contribution in [1.29, 1.82) is 0 Å². The predicted octanol–water partition coefficient (Wildman–Crippen LogP) is -0.251. The molecule has 0 aliphatic carbocycles. The van der Waals surface area contributed by atoms with Crippen molar-refractivity contribution in [1.82, 2.24) is 15.2 Å². The van der Waals surface area contributed by atoms with E-state index in [-0.39, 0.29) is 11.8 Å². The summed E-state index contributed by atoms with van der Waals surface area (Å²) in [6.45, 7) is 0. The fraction of sp³-hybridized carbons (Fsp3) is 0.667. The summed E-state index contributed by atoms with van der Waals surface area (Å²) >= 11 is 0. The molecular weight excluding hydrogens is 228 g/mol. The van der Waals surface area contributed by atoms with Crippen molar-refractivity contribution >= 4 is 9.84 Å². The van der Waals surface area contributed by atoms with Gasteiger partial charge in [-0.2, -0.15) is 5.10 Å². The van der Waals surface area contributed by atoms with Gasteiger partial charge in [0.25, 0.3) is 0 Å². The summed E-state index contributed by atoms with van der Waals surface area (Å²) in [7, 11) is -1.07. The van der Waals surface area contributed by atoms with Crippen LogP contribution in [0, 0.1) is 0 Å². The minimum absolute atomic E-state index is 0.0609. The van der Waals surface area contributed by atoms with Crippen LogP contribution in [0.3, 0.4) is 0 Å². The molecule has 92 valence electrons. The molecule has 1 aromatic rings. The molecule has 0 saturated heterocycles. The molecule has 1 rings (SSSR count). The Morgan fingerprint density at radius 3 is 2.75 bits per heavy atom. The van der Waals surface area contributed by atoms with Crippen LogP contribution < -0.4 is 11.3 Å². The molecule has 0 fully saturated rings. The Morgan fingerprint density at radius 1 is 1.62 bits per heavy atom. The molecule has 3 N–H and O–H groups in total. The van der Waals surface area contributed by atoms with Gasteiger partial charge in [-0.1, -0.05) is 0 Å². The fourth-order valence-electron chi connectivity index (χ4n) is 1.59. The molecule has 1 atom stereocenters. The molecule has 1 heterocycles. The zero-order valence-corrected chi connectivity index (χ0v) is 10.4. The Bertz CT molecular complexity index is 426. The molecule has 0 amide bonds. The Labute approximate surface area is 95.7 Å². The first-order chi connectivity index (χ1) is 7.44. The minimum atomic E-state index is -2.90. The molecule has 1 unspecified atom stereocenters. The van der Waals surface area contributed by atoms with E-state index in [0.29, 0.717) is 12.8 Å². The Kier molecular flexibility index (Phi) is 4.45. The maximum atomic E-state index is 11.0. The van der Waals surface area contributed by atoms with Crippen molar-refractivity contribution in [2.45, 2.75) is 18.9 Å². The average Bonchev–Trinajstić information content (AvgIpc) is 2.58. The number of hydrogen-bond acceptors (Lipinski definition) is 5. The number of hydrazine groups is 1. The summed E-state index contributed by atoms with van der Waals surface area (Å²) in [6.07, 6.45) is 4.18. The standard InChI is InChI=1S/C9H18N4O2S/c1-13-9(5-6-11-13)8(12-10)4-3-7-16(2,14)15/h5-6,8,12H,3-4,7,10H2,1-2H3. The number of aryl methyl sites for hydroxylation is 1. The Hall–Kier alpha value is -0.920. The van der Waals surface area contributed by atoms with Crippen LogP contribution in [-0.4, -0.2) is 30.2 Å². The summed E-state index contributed by atoms with van der Waals surface area (Å²) in [4.78, 5) is 0. The monoisotopic (exact) mass is 246 g/mol. The smallest absolute Gasteiger partial charge is 0.147 e. The topological polar surface area (TPSA) is 90.0 Å². The highest BCUT2D eigenvalue weighted by Gasteiger charge is 2.14. The van der Waals surface area contributed by atoms with Crippen LogP contribution in [0.25, 0.3) is 0 Å². The van der Waals surface area contributed by atoms with Crippen molar-refractivity contribution < 1.29 is 8.42 Å². The molecule has 0 aromatic carbocycles. The molecule has 0 bridgehead atoms. The van der Waals surface area contributed by atoms with Gasteiger partial charge in [0.15, 0.2) is 0 Å². The summed E-state index contributed by atoms with van der Waals surface area (Å²) in [5.74, 6) is 5.63. The fourth-order valence-corrected chi connectivity index (χ4v) is 2.28. The van der Waals surface area contributed by atoms with Crippen molar-refractivity contribution in [3.05, 3.63) is 18.0 Å². The van der Waals surface area contributed by atoms with Gasteiger partial charge in [0.1, 0.15) is 9.84 Å². The molecule has 7 heteroatoms. The molecule has 1 aromatic heterocycles. The van der Waals surface area contributed by atoms with Crippen LogP contribution in [0.2, 0.25) is 0 Å². The number of aromatic nitrogens is 2. The summed E-state index contributed by atoms with van der Waals surface area (Å²) in [5.41, 5.74) is 3.63. The van der Waals surface area contributed by atoms with Gasteiger partial charge in [0.2, 0.25) is 0 Å². The molecule has 0 spiro atoms. The zero-order valence-electron chi connectivity index (χ0n) is 9.55. The molecule has 0 aliphatic heterocycles. The van der Waals surface area contributed by atoms with Gasteiger partial charge >= 0.3 is 0 Å². The van der Waals surface area contributed by atoms with Gasteiger partial charge in [-0.3, -0.25) is 16.0 Å². The lowest BCUT2D eigenvalue weighted by Gasteiger charge is -2.15. The number of nitrogens with two attached hydrogens (primary N) is 1. The second-order valence-corrected chi connectivity index (χ2v) is 6.13. The van der Waals surface area contributed by atoms with Crippen LogP contribution >= 0.6 is 0 Å². The first-order valence-electron chi connectivity index (χ1n) is 5.06. The second kappa shape index (κ2) is 5.42. The quantitative estimate of drug-likeness (QED) is 0.533. The van der Waals surface area contributed by atoms with Gasteiger partial charge in [-0.15, -0.1) is 0 Å². The number of sulfone groups is 1. The van der Waals surface area contributed by atoms with Crippen LogP contribution in [-0.2, 0) is 16.9 Å². The lowest BCUT2D eigenvalue weighted by Crippen LogP contribution is -2.30. The van der Waals surface area contributed by atoms with E-state index < -0.39 is 9.84 Å². The lowest BCUT2D eigenvalue weighted by atomic mass is 10.1. The van der Waals surface area contributed by atoms with E-state index in [1.807, 2.05) is 13.1 Å². The van der Waals surface area contributed by atoms with Gasteiger partial charge in [0.05, 0.1) is 11.7 Å². The zero-order chi connectivity index (χ0) is 12.2. The summed E-state index contributed by atoms with van der Waals surface area (Å²) < 4.78 is 23.7. The third kappa shape index (κ3) is 3.92. The number of nitrogens with zero attached hydrogens (tertiary/aromatic N) is 2. The summed E-state index contributed by atoms with van der Waals surface area (Å²) in [6, 6.07) is 1.81. The van der Waals surface area contributed by atoms with Crippen LogP contribution in [0.4, 0.5) is 0 Å². The van der Waals surface area contributed by atoms with E-state index in [1.54, 1.807) is 10.9 Å². The van der Waals surface area contributed by atoms with Crippen LogP contribution in [0.1, 0.15) is 24.6 Å². The van der Waals surface area contributed by atoms with Crippen molar-refractivity contribution in [3.8, 4) is 0 Å². The van der Waals surface area contributed by atoms with Crippen molar-refractivity contribution in [3.63, 3.8) is 0 Å². The van der Waals surface area contributed by atoms with Gasteiger partial charge < -0.3 is 0 Å². The Balaban J connectivity index is 2.54. The number of nitrogens with one attached hydrogen (secondary N) is 1. The van der Waals surface area contributed by atoms with E-state index in [9.17, 15) is 8.42 Å². The SMILES string of the molecule is Cn1nccc1C(CCCS(C)(=O)=O)NN. The maximum Gasteiger partial charge on any atom is 0.147 e. The average molecular weight is 246 g/mol. The van der Waals surface area contributed by atoms with Crippen molar-refractivity contribution in [2.24, 2.45) is 12.9 Å². The molecular formula is C9H18N4O2S. The van der Waals surface area contributed by atoms with Crippen LogP contribution in [0.5, 0.6) is 0 Å². The van der Waals surface area contributed by atoms with Crippen molar-refractivity contribution in [2.75, 3.05) is 12.0 Å². The minimum Gasteiger partial charge on any atom is -0.271 e. The first kappa shape index (κ1) is 13.1. The van der Waals surface area contributed by atoms with E-state index >= 15 is 0 Å². The van der Waals surface area contributed by atoms with E-state index in [2.05, 4.69) is 10.5 Å². The van der Waals surface area contributed by atoms with Crippen LogP contribution in [0.15, 0.2) is 12.3 Å². The normalized spacial score (nSPS) is 13.9. The third-order valence-electron chi connectivity index (χ3n) is 2.42. The first-order valence-corrected chi connectivity index (χ1v) is 7.12. The number of rotatable bonds is 6. The predicted molar refractivity (Wildman–Crippen MR) is 62.2 cm³/mol. The number of hydrogen-bond donors (Lipinski definition) is 2. The molecule has 6 nitrogen and oxygen atoms in total. The summed E-state index contributed by atoms with van der Waals surface area (Å²) in [5, 5.41) is 4.05. The van der Waals surface area contributed by atoms with Gasteiger partial charge in [-0.25, -0.2) is 8.42 Å². The van der Waals surface area contributed by atoms with E-state index in [4.69, 9.17) is 5.84 Å². The highest BCUT2D eigenvalue weighted by atomic mass is 32.2. The maximum absolute atomic E-state index is 11.0. The lowest BCUT2D eigenvalue weighted by molar-refractivity contribution is 0.474. The highest BCUT2D eigenvalue weighted by Crippen LogP contribution is 2.16. The molecule has 16 heavy (non-hydrogen) atoms. The largest absolute Gasteiger partial charge is 0.271 e. The van der Waals surface area contributed by atoms with E-state index in [1.165, 1.54) is 6.26 Å². The van der Waals surface area contributed by atoms with Gasteiger partial charge in [0, 0.05) is 25.3 Å². The highest BCUT2D eigenvalue weighted by molar-refractivity contribution is 7.90.